The molecule has 0 aromatic heterocycles. The van der Waals surface area contributed by atoms with Crippen LogP contribution in [-0.2, 0) is 16.7 Å². The Kier molecular flexibility index (Phi) is 6.73. The molecule has 3 aromatic carbocycles. The molecule has 3 aliphatic rings. The van der Waals surface area contributed by atoms with E-state index >= 15 is 0 Å². The average Bonchev–Trinajstić information content (AvgIpc) is 3.60. The van der Waals surface area contributed by atoms with Crippen LogP contribution in [0.3, 0.4) is 0 Å². The van der Waals surface area contributed by atoms with Crippen LogP contribution >= 0.6 is 0 Å². The Morgan fingerprint density at radius 2 is 1.75 bits per heavy atom. The molecular weight excluding hydrogens is 507 g/mol. The van der Waals surface area contributed by atoms with E-state index in [9.17, 15) is 14.3 Å². The van der Waals surface area contributed by atoms with Gasteiger partial charge in [-0.25, -0.2) is 9.18 Å². The first-order valence-corrected chi connectivity index (χ1v) is 14.3. The fourth-order valence-electron chi connectivity index (χ4n) is 6.09. The number of rotatable bonds is 7. The number of piperidine rings is 1. The van der Waals surface area contributed by atoms with Crippen LogP contribution in [0.1, 0.15) is 56.2 Å². The van der Waals surface area contributed by atoms with Crippen molar-refractivity contribution in [1.82, 2.24) is 4.90 Å². The molecule has 210 valence electrons. The molecule has 2 aliphatic heterocycles. The molecule has 1 saturated carbocycles. The molecule has 1 N–H and O–H groups in total. The van der Waals surface area contributed by atoms with Gasteiger partial charge in [0.1, 0.15) is 22.9 Å². The van der Waals surface area contributed by atoms with E-state index in [2.05, 4.69) is 24.0 Å². The summed E-state index contributed by atoms with van der Waals surface area (Å²) in [5, 5.41) is 11.0. The number of hydrogen-bond acceptors (Lipinski definition) is 5. The number of carbonyl (C=O) groups excluding carboxylic acids is 1. The maximum absolute atomic E-state index is 13.9. The Bertz CT molecular complexity index is 1430. The molecule has 0 bridgehead atoms. The normalized spacial score (nSPS) is 19.6. The molecule has 1 amide bonds. The molecule has 3 fully saturated rings. The van der Waals surface area contributed by atoms with E-state index in [4.69, 9.17) is 9.47 Å². The summed E-state index contributed by atoms with van der Waals surface area (Å²) in [5.74, 6) is 0.416. The molecule has 6 rings (SSSR count). The van der Waals surface area contributed by atoms with Crippen molar-refractivity contribution < 1.29 is 23.8 Å². The lowest BCUT2D eigenvalue weighted by Crippen LogP contribution is -2.46. The summed E-state index contributed by atoms with van der Waals surface area (Å²) in [6.07, 6.45) is 3.69. The van der Waals surface area contributed by atoms with Crippen molar-refractivity contribution >= 4 is 11.8 Å². The first kappa shape index (κ1) is 26.6. The van der Waals surface area contributed by atoms with E-state index in [1.165, 1.54) is 24.5 Å². The average molecular weight is 545 g/mol. The van der Waals surface area contributed by atoms with Crippen molar-refractivity contribution in [2.24, 2.45) is 0 Å². The van der Waals surface area contributed by atoms with Crippen molar-refractivity contribution in [2.45, 2.75) is 64.0 Å². The van der Waals surface area contributed by atoms with Gasteiger partial charge in [0.2, 0.25) is 0 Å². The molecule has 0 unspecified atom stereocenters. The highest BCUT2D eigenvalue weighted by molar-refractivity contribution is 5.90. The number of hydrogen-bond donors (Lipinski definition) is 1. The van der Waals surface area contributed by atoms with Gasteiger partial charge in [-0.2, -0.15) is 0 Å². The maximum Gasteiger partial charge on any atom is 0.415 e. The number of nitrogens with zero attached hydrogens (tertiary/aromatic N) is 2. The Morgan fingerprint density at radius 1 is 1.02 bits per heavy atom. The zero-order valence-electron chi connectivity index (χ0n) is 23.5. The third-order valence-electron chi connectivity index (χ3n) is 8.91. The van der Waals surface area contributed by atoms with Gasteiger partial charge in [0.05, 0.1) is 18.7 Å². The van der Waals surface area contributed by atoms with Crippen LogP contribution in [0.5, 0.6) is 11.5 Å². The second-order valence-corrected chi connectivity index (χ2v) is 11.9. The summed E-state index contributed by atoms with van der Waals surface area (Å²) in [6, 6.07) is 16.9. The molecule has 2 heterocycles. The van der Waals surface area contributed by atoms with E-state index in [1.807, 2.05) is 25.1 Å². The van der Waals surface area contributed by atoms with Gasteiger partial charge in [-0.1, -0.05) is 25.1 Å². The highest BCUT2D eigenvalue weighted by atomic mass is 19.1. The molecular formula is C33H37FN2O4. The van der Waals surface area contributed by atoms with E-state index in [1.54, 1.807) is 30.0 Å². The number of amides is 1. The van der Waals surface area contributed by atoms with E-state index in [-0.39, 0.29) is 17.7 Å². The van der Waals surface area contributed by atoms with Crippen LogP contribution < -0.4 is 9.64 Å². The van der Waals surface area contributed by atoms with E-state index < -0.39 is 5.60 Å². The van der Waals surface area contributed by atoms with Crippen molar-refractivity contribution in [3.8, 4) is 22.6 Å². The number of aromatic hydroxyl groups is 1. The Labute approximate surface area is 235 Å². The second kappa shape index (κ2) is 10.1. The number of benzene rings is 3. The largest absolute Gasteiger partial charge is 0.507 e. The number of halogens is 1. The lowest BCUT2D eigenvalue weighted by atomic mass is 9.90. The zero-order chi connectivity index (χ0) is 28.1. The summed E-state index contributed by atoms with van der Waals surface area (Å²) < 4.78 is 25.8. The van der Waals surface area contributed by atoms with Crippen LogP contribution in [0.4, 0.5) is 14.9 Å². The van der Waals surface area contributed by atoms with Crippen LogP contribution in [0.15, 0.2) is 54.6 Å². The SMILES string of the molecule is CCOc1cc(CN2CCC3(CC2)CN(c2ccc(C4(C)CC4)cc2)C(=O)O3)cc(O)c1-c1ccc(F)c(C)c1. The number of phenols is 1. The standard InChI is InChI=1S/C33H37FN2O4/c1-4-39-29-19-23(18-28(37)30(29)24-5-10-27(34)22(2)17-24)20-35-15-13-33(14-16-35)21-36(31(38)40-33)26-8-6-25(7-9-26)32(3)11-12-32/h5-10,17-19,37H,4,11-16,20-21H2,1-3H3. The molecule has 40 heavy (non-hydrogen) atoms. The summed E-state index contributed by atoms with van der Waals surface area (Å²) in [4.78, 5) is 17.0. The number of likely N-dealkylation sites (tertiary alicyclic amines) is 1. The van der Waals surface area contributed by atoms with Gasteiger partial charge in [-0.3, -0.25) is 9.80 Å². The second-order valence-electron chi connectivity index (χ2n) is 11.9. The molecule has 2 saturated heterocycles. The molecule has 6 nitrogen and oxygen atoms in total. The third-order valence-corrected chi connectivity index (χ3v) is 8.91. The highest BCUT2D eigenvalue weighted by Gasteiger charge is 2.47. The predicted octanol–water partition coefficient (Wildman–Crippen LogP) is 6.95. The minimum absolute atomic E-state index is 0.113. The van der Waals surface area contributed by atoms with Gasteiger partial charge < -0.3 is 14.6 Å². The molecule has 7 heteroatoms. The number of ether oxygens (including phenoxy) is 2. The number of aryl methyl sites for hydroxylation is 1. The quantitative estimate of drug-likeness (QED) is 0.349. The Balaban J connectivity index is 1.12. The van der Waals surface area contributed by atoms with Crippen molar-refractivity contribution in [1.29, 1.82) is 0 Å². The fraction of sp³-hybridized carbons (Fsp3) is 0.424. The van der Waals surface area contributed by atoms with Crippen molar-refractivity contribution in [3.05, 3.63) is 77.1 Å². The van der Waals surface area contributed by atoms with Crippen LogP contribution in [0.25, 0.3) is 11.1 Å². The molecule has 1 aliphatic carbocycles. The van der Waals surface area contributed by atoms with Crippen LogP contribution in [0.2, 0.25) is 0 Å². The van der Waals surface area contributed by atoms with Crippen molar-refractivity contribution in [2.75, 3.05) is 31.1 Å². The van der Waals surface area contributed by atoms with Gasteiger partial charge in [0.25, 0.3) is 0 Å². The Hall–Kier alpha value is -3.58. The molecule has 0 atom stereocenters. The van der Waals surface area contributed by atoms with Crippen LogP contribution in [-0.4, -0.2) is 47.9 Å². The maximum atomic E-state index is 13.9. The lowest BCUT2D eigenvalue weighted by molar-refractivity contribution is -0.00100. The summed E-state index contributed by atoms with van der Waals surface area (Å²) in [5.41, 5.74) is 4.81. The minimum Gasteiger partial charge on any atom is -0.507 e. The molecule has 1 spiro atoms. The van der Waals surface area contributed by atoms with Gasteiger partial charge in [-0.15, -0.1) is 0 Å². The predicted molar refractivity (Wildman–Crippen MR) is 154 cm³/mol. The van der Waals surface area contributed by atoms with Gasteiger partial charge in [0, 0.05) is 38.2 Å². The minimum atomic E-state index is -0.475. The summed E-state index contributed by atoms with van der Waals surface area (Å²) in [6.45, 7) is 9.12. The van der Waals surface area contributed by atoms with Gasteiger partial charge >= 0.3 is 6.09 Å². The smallest absolute Gasteiger partial charge is 0.415 e. The van der Waals surface area contributed by atoms with E-state index in [0.29, 0.717) is 42.0 Å². The van der Waals surface area contributed by atoms with Crippen LogP contribution in [0, 0.1) is 12.7 Å². The number of anilines is 1. The lowest BCUT2D eigenvalue weighted by Gasteiger charge is -2.37. The molecule has 0 radical (unpaired) electrons. The highest BCUT2D eigenvalue weighted by Crippen LogP contribution is 2.48. The number of phenolic OH excluding ortho intramolecular Hbond substituents is 1. The monoisotopic (exact) mass is 544 g/mol. The zero-order valence-corrected chi connectivity index (χ0v) is 23.5. The third kappa shape index (κ3) is 5.03. The van der Waals surface area contributed by atoms with Gasteiger partial charge in [-0.05, 0) is 90.8 Å². The summed E-state index contributed by atoms with van der Waals surface area (Å²) >= 11 is 0. The van der Waals surface area contributed by atoms with E-state index in [0.717, 1.165) is 42.7 Å². The van der Waals surface area contributed by atoms with Crippen molar-refractivity contribution in [3.63, 3.8) is 0 Å². The first-order valence-electron chi connectivity index (χ1n) is 14.3. The topological polar surface area (TPSA) is 62.2 Å². The number of carbonyl (C=O) groups is 1. The molecule has 3 aromatic rings. The fourth-order valence-corrected chi connectivity index (χ4v) is 6.09. The summed E-state index contributed by atoms with van der Waals surface area (Å²) in [7, 11) is 0. The van der Waals surface area contributed by atoms with Gasteiger partial charge in [0.15, 0.2) is 0 Å². The first-order chi connectivity index (χ1) is 19.2. The Morgan fingerprint density at radius 3 is 2.40 bits per heavy atom.